The molecule has 0 atom stereocenters. The van der Waals surface area contributed by atoms with E-state index in [0.29, 0.717) is 11.5 Å². The van der Waals surface area contributed by atoms with Crippen LogP contribution in [0.2, 0.25) is 0 Å². The van der Waals surface area contributed by atoms with E-state index in [2.05, 4.69) is 13.8 Å². The summed E-state index contributed by atoms with van der Waals surface area (Å²) in [6, 6.07) is 15.4. The van der Waals surface area contributed by atoms with E-state index in [1.807, 2.05) is 48.5 Å². The van der Waals surface area contributed by atoms with Gasteiger partial charge in [-0.25, -0.2) is 4.79 Å². The van der Waals surface area contributed by atoms with Crippen LogP contribution in [0.5, 0.6) is 11.5 Å². The number of ether oxygens (including phenoxy) is 2. The highest BCUT2D eigenvalue weighted by Crippen LogP contribution is 2.24. The average Bonchev–Trinajstić information content (AvgIpc) is 2.65. The fourth-order valence-corrected chi connectivity index (χ4v) is 2.95. The van der Waals surface area contributed by atoms with Gasteiger partial charge in [-0.3, -0.25) is 0 Å². The van der Waals surface area contributed by atoms with Gasteiger partial charge in [0, 0.05) is 0 Å². The molecule has 0 aliphatic carbocycles. The van der Waals surface area contributed by atoms with Crippen molar-refractivity contribution in [3.63, 3.8) is 0 Å². The van der Waals surface area contributed by atoms with Gasteiger partial charge in [0.05, 0.1) is 0 Å². The summed E-state index contributed by atoms with van der Waals surface area (Å²) in [6.07, 6.45) is 8.00. The molecule has 3 nitrogen and oxygen atoms in total. The Kier molecular flexibility index (Phi) is 8.74. The Labute approximate surface area is 157 Å². The summed E-state index contributed by atoms with van der Waals surface area (Å²) in [7, 11) is 0. The fraction of sp³-hybridized carbons (Fsp3) is 0.435. The van der Waals surface area contributed by atoms with E-state index in [0.717, 1.165) is 36.8 Å². The van der Waals surface area contributed by atoms with Crippen LogP contribution in [0.4, 0.5) is 4.79 Å². The summed E-state index contributed by atoms with van der Waals surface area (Å²) < 4.78 is 11.0. The summed E-state index contributed by atoms with van der Waals surface area (Å²) in [4.78, 5) is 12.3. The second kappa shape index (κ2) is 11.3. The van der Waals surface area contributed by atoms with Crippen LogP contribution in [0, 0.1) is 0 Å². The maximum Gasteiger partial charge on any atom is 0.519 e. The van der Waals surface area contributed by atoms with E-state index in [9.17, 15) is 4.79 Å². The van der Waals surface area contributed by atoms with Crippen molar-refractivity contribution >= 4 is 6.16 Å². The Balaban J connectivity index is 1.99. The highest BCUT2D eigenvalue weighted by Gasteiger charge is 2.13. The Morgan fingerprint density at radius 1 is 0.692 bits per heavy atom. The number of benzene rings is 2. The summed E-state index contributed by atoms with van der Waals surface area (Å²) >= 11 is 0. The molecular formula is C23H30O3. The summed E-state index contributed by atoms with van der Waals surface area (Å²) in [6.45, 7) is 4.36. The summed E-state index contributed by atoms with van der Waals surface area (Å²) in [5.74, 6) is 1.19. The molecule has 140 valence electrons. The van der Waals surface area contributed by atoms with Gasteiger partial charge >= 0.3 is 6.16 Å². The normalized spacial score (nSPS) is 10.5. The SMILES string of the molecule is CCCCCc1ccccc1OC(=O)Oc1ccccc1CCCCC. The minimum absolute atomic E-state index is 0.595. The van der Waals surface area contributed by atoms with Gasteiger partial charge in [-0.2, -0.15) is 0 Å². The van der Waals surface area contributed by atoms with Crippen LogP contribution in [0.15, 0.2) is 48.5 Å². The van der Waals surface area contributed by atoms with Crippen LogP contribution in [0.3, 0.4) is 0 Å². The number of aryl methyl sites for hydroxylation is 2. The van der Waals surface area contributed by atoms with Crippen molar-refractivity contribution in [2.75, 3.05) is 0 Å². The minimum atomic E-state index is -0.670. The zero-order valence-electron chi connectivity index (χ0n) is 16.0. The first-order valence-corrected chi connectivity index (χ1v) is 9.80. The lowest BCUT2D eigenvalue weighted by molar-refractivity contribution is 0.151. The molecule has 0 aliphatic heterocycles. The third-order valence-corrected chi connectivity index (χ3v) is 4.43. The van der Waals surface area contributed by atoms with Gasteiger partial charge < -0.3 is 9.47 Å². The van der Waals surface area contributed by atoms with E-state index in [-0.39, 0.29) is 0 Å². The Bertz CT molecular complexity index is 621. The maximum atomic E-state index is 12.3. The number of unbranched alkanes of at least 4 members (excludes halogenated alkanes) is 4. The smallest absolute Gasteiger partial charge is 0.394 e. The Morgan fingerprint density at radius 3 is 1.54 bits per heavy atom. The van der Waals surface area contributed by atoms with Crippen molar-refractivity contribution in [3.05, 3.63) is 59.7 Å². The molecular weight excluding hydrogens is 324 g/mol. The van der Waals surface area contributed by atoms with Gasteiger partial charge in [-0.05, 0) is 48.9 Å². The van der Waals surface area contributed by atoms with E-state index < -0.39 is 6.16 Å². The van der Waals surface area contributed by atoms with Gasteiger partial charge in [0.15, 0.2) is 0 Å². The Morgan fingerprint density at radius 2 is 1.12 bits per heavy atom. The van der Waals surface area contributed by atoms with Crippen LogP contribution in [0.1, 0.15) is 63.5 Å². The molecule has 0 fully saturated rings. The van der Waals surface area contributed by atoms with Crippen molar-refractivity contribution in [2.24, 2.45) is 0 Å². The molecule has 0 aromatic heterocycles. The molecule has 0 saturated carbocycles. The fourth-order valence-electron chi connectivity index (χ4n) is 2.95. The lowest BCUT2D eigenvalue weighted by Gasteiger charge is -2.12. The summed E-state index contributed by atoms with van der Waals surface area (Å²) in [5.41, 5.74) is 2.10. The van der Waals surface area contributed by atoms with Gasteiger partial charge in [-0.1, -0.05) is 75.9 Å². The highest BCUT2D eigenvalue weighted by molar-refractivity contribution is 5.68. The average molecular weight is 354 g/mol. The second-order valence-electron chi connectivity index (χ2n) is 6.58. The van der Waals surface area contributed by atoms with E-state index in [1.165, 1.54) is 25.7 Å². The molecule has 0 radical (unpaired) electrons. The van der Waals surface area contributed by atoms with Crippen molar-refractivity contribution < 1.29 is 14.3 Å². The van der Waals surface area contributed by atoms with Crippen LogP contribution in [0.25, 0.3) is 0 Å². The zero-order valence-corrected chi connectivity index (χ0v) is 16.0. The molecule has 3 heteroatoms. The van der Waals surface area contributed by atoms with Crippen molar-refractivity contribution in [2.45, 2.75) is 65.2 Å². The molecule has 2 rings (SSSR count). The van der Waals surface area contributed by atoms with Crippen LogP contribution >= 0.6 is 0 Å². The molecule has 0 spiro atoms. The predicted octanol–water partition coefficient (Wildman–Crippen LogP) is 6.73. The molecule has 0 unspecified atom stereocenters. The zero-order chi connectivity index (χ0) is 18.6. The minimum Gasteiger partial charge on any atom is -0.394 e. The van der Waals surface area contributed by atoms with Gasteiger partial charge in [-0.15, -0.1) is 0 Å². The molecule has 0 N–H and O–H groups in total. The monoisotopic (exact) mass is 354 g/mol. The largest absolute Gasteiger partial charge is 0.519 e. The number of para-hydroxylation sites is 2. The highest BCUT2D eigenvalue weighted by atomic mass is 16.7. The topological polar surface area (TPSA) is 35.5 Å². The first-order valence-electron chi connectivity index (χ1n) is 9.80. The second-order valence-corrected chi connectivity index (χ2v) is 6.58. The molecule has 0 amide bonds. The molecule has 0 heterocycles. The Hall–Kier alpha value is -2.29. The summed E-state index contributed by atoms with van der Waals surface area (Å²) in [5, 5.41) is 0. The van der Waals surface area contributed by atoms with Gasteiger partial charge in [0.25, 0.3) is 0 Å². The van der Waals surface area contributed by atoms with Crippen molar-refractivity contribution in [1.82, 2.24) is 0 Å². The van der Waals surface area contributed by atoms with Gasteiger partial charge in [0.1, 0.15) is 11.5 Å². The first kappa shape index (κ1) is 20.0. The number of rotatable bonds is 10. The van der Waals surface area contributed by atoms with Crippen LogP contribution in [-0.4, -0.2) is 6.16 Å². The number of hydrogen-bond donors (Lipinski definition) is 0. The quantitative estimate of drug-likeness (QED) is 0.269. The third kappa shape index (κ3) is 6.55. The number of carbonyl (C=O) groups excluding carboxylic acids is 1. The molecule has 0 bridgehead atoms. The molecule has 2 aromatic carbocycles. The molecule has 26 heavy (non-hydrogen) atoms. The van der Waals surface area contributed by atoms with Gasteiger partial charge in [0.2, 0.25) is 0 Å². The van der Waals surface area contributed by atoms with E-state index in [1.54, 1.807) is 0 Å². The molecule has 0 saturated heterocycles. The number of carbonyl (C=O) groups is 1. The number of hydrogen-bond acceptors (Lipinski definition) is 3. The predicted molar refractivity (Wildman–Crippen MR) is 106 cm³/mol. The standard InChI is InChI=1S/C23H30O3/c1-3-5-7-13-19-15-9-11-17-21(19)25-23(24)26-22-18-12-10-16-20(22)14-8-6-4-2/h9-12,15-18H,3-8,13-14H2,1-2H3. The van der Waals surface area contributed by atoms with Crippen LogP contribution < -0.4 is 9.47 Å². The van der Waals surface area contributed by atoms with E-state index >= 15 is 0 Å². The lowest BCUT2D eigenvalue weighted by atomic mass is 10.1. The van der Waals surface area contributed by atoms with Crippen molar-refractivity contribution in [3.8, 4) is 11.5 Å². The first-order chi connectivity index (χ1) is 12.7. The van der Waals surface area contributed by atoms with Crippen molar-refractivity contribution in [1.29, 1.82) is 0 Å². The molecule has 0 aliphatic rings. The third-order valence-electron chi connectivity index (χ3n) is 4.43. The maximum absolute atomic E-state index is 12.3. The van der Waals surface area contributed by atoms with E-state index in [4.69, 9.17) is 9.47 Å². The van der Waals surface area contributed by atoms with Crippen LogP contribution in [-0.2, 0) is 12.8 Å². The lowest BCUT2D eigenvalue weighted by Crippen LogP contribution is -2.15. The molecule has 2 aromatic rings.